The van der Waals surface area contributed by atoms with Gasteiger partial charge in [0.1, 0.15) is 22.3 Å². The van der Waals surface area contributed by atoms with Crippen LogP contribution in [0.4, 0.5) is 0 Å². The third-order valence-corrected chi connectivity index (χ3v) is 4.84. The van der Waals surface area contributed by atoms with Crippen molar-refractivity contribution in [1.29, 1.82) is 0 Å². The molecule has 3 aromatic rings. The molecule has 2 amide bonds. The van der Waals surface area contributed by atoms with Crippen molar-refractivity contribution in [3.05, 3.63) is 58.5 Å². The van der Waals surface area contributed by atoms with E-state index in [0.717, 1.165) is 16.3 Å². The molecule has 0 aliphatic rings. The van der Waals surface area contributed by atoms with Crippen LogP contribution in [0.25, 0.3) is 10.6 Å². The summed E-state index contributed by atoms with van der Waals surface area (Å²) >= 11 is 1.44. The minimum Gasteiger partial charge on any atom is -0.493 e. The SMILES string of the molecule is CCOc1ccccc1-c1nc(CC(=O)NNC(=O)c2cc(C)oc2C)cs1. The van der Waals surface area contributed by atoms with Crippen molar-refractivity contribution in [2.75, 3.05) is 6.61 Å². The minimum atomic E-state index is -0.424. The standard InChI is InChI=1S/C20H21N3O4S/c1-4-26-17-8-6-5-7-15(17)20-21-14(11-28-20)10-18(24)22-23-19(25)16-9-12(2)27-13(16)3/h5-9,11H,4,10H2,1-3H3,(H,22,24)(H,23,25). The molecule has 2 aromatic heterocycles. The van der Waals surface area contributed by atoms with Crippen LogP contribution in [0, 0.1) is 13.8 Å². The average Bonchev–Trinajstić information content (AvgIpc) is 3.26. The Morgan fingerprint density at radius 3 is 2.71 bits per heavy atom. The first kappa shape index (κ1) is 19.6. The molecule has 7 nitrogen and oxygen atoms in total. The third kappa shape index (κ3) is 4.58. The van der Waals surface area contributed by atoms with Crippen LogP contribution in [0.1, 0.15) is 34.5 Å². The van der Waals surface area contributed by atoms with Crippen molar-refractivity contribution in [3.8, 4) is 16.3 Å². The number of hydrazine groups is 1. The van der Waals surface area contributed by atoms with Gasteiger partial charge in [-0.1, -0.05) is 12.1 Å². The number of benzene rings is 1. The number of nitrogens with zero attached hydrogens (tertiary/aromatic N) is 1. The Morgan fingerprint density at radius 1 is 1.21 bits per heavy atom. The van der Waals surface area contributed by atoms with Gasteiger partial charge in [-0.05, 0) is 39.0 Å². The van der Waals surface area contributed by atoms with Gasteiger partial charge in [-0.25, -0.2) is 4.98 Å². The molecule has 8 heteroatoms. The molecule has 0 spiro atoms. The Balaban J connectivity index is 1.60. The molecule has 0 saturated heterocycles. The van der Waals surface area contributed by atoms with E-state index in [9.17, 15) is 9.59 Å². The number of rotatable bonds is 6. The second-order valence-electron chi connectivity index (χ2n) is 6.08. The van der Waals surface area contributed by atoms with Gasteiger partial charge < -0.3 is 9.15 Å². The van der Waals surface area contributed by atoms with Gasteiger partial charge in [0.15, 0.2) is 0 Å². The smallest absolute Gasteiger partial charge is 0.273 e. The van der Waals surface area contributed by atoms with Gasteiger partial charge in [0.2, 0.25) is 5.91 Å². The molecular weight excluding hydrogens is 378 g/mol. The summed E-state index contributed by atoms with van der Waals surface area (Å²) in [6, 6.07) is 9.27. The summed E-state index contributed by atoms with van der Waals surface area (Å²) in [5, 5.41) is 2.60. The van der Waals surface area contributed by atoms with Crippen molar-refractivity contribution in [2.45, 2.75) is 27.2 Å². The summed E-state index contributed by atoms with van der Waals surface area (Å²) < 4.78 is 10.9. The van der Waals surface area contributed by atoms with Gasteiger partial charge >= 0.3 is 0 Å². The lowest BCUT2D eigenvalue weighted by Crippen LogP contribution is -2.42. The molecule has 0 atom stereocenters. The number of aromatic nitrogens is 1. The monoisotopic (exact) mass is 399 g/mol. The number of thiazole rings is 1. The highest BCUT2D eigenvalue weighted by molar-refractivity contribution is 7.13. The quantitative estimate of drug-likeness (QED) is 0.620. The normalized spacial score (nSPS) is 10.5. The van der Waals surface area contributed by atoms with E-state index in [1.165, 1.54) is 11.3 Å². The highest BCUT2D eigenvalue weighted by Gasteiger charge is 2.15. The van der Waals surface area contributed by atoms with Gasteiger partial charge in [0, 0.05) is 5.38 Å². The van der Waals surface area contributed by atoms with E-state index < -0.39 is 5.91 Å². The summed E-state index contributed by atoms with van der Waals surface area (Å²) in [6.07, 6.45) is 0.0526. The number of amides is 2. The molecule has 1 aromatic carbocycles. The van der Waals surface area contributed by atoms with Gasteiger partial charge in [-0.15, -0.1) is 11.3 Å². The first-order valence-corrected chi connectivity index (χ1v) is 9.68. The molecule has 2 N–H and O–H groups in total. The van der Waals surface area contributed by atoms with Crippen LogP contribution < -0.4 is 15.6 Å². The molecule has 146 valence electrons. The van der Waals surface area contributed by atoms with E-state index in [0.29, 0.717) is 29.4 Å². The predicted molar refractivity (Wildman–Crippen MR) is 106 cm³/mol. The van der Waals surface area contributed by atoms with Gasteiger partial charge in [-0.3, -0.25) is 20.4 Å². The lowest BCUT2D eigenvalue weighted by atomic mass is 10.2. The number of ether oxygens (including phenoxy) is 1. The number of nitrogens with one attached hydrogen (secondary N) is 2. The molecule has 0 saturated carbocycles. The molecule has 28 heavy (non-hydrogen) atoms. The summed E-state index contributed by atoms with van der Waals surface area (Å²) in [4.78, 5) is 28.8. The number of aryl methyl sites for hydroxylation is 2. The summed E-state index contributed by atoms with van der Waals surface area (Å²) in [5.74, 6) is 1.11. The van der Waals surface area contributed by atoms with Crippen molar-refractivity contribution < 1.29 is 18.7 Å². The summed E-state index contributed by atoms with van der Waals surface area (Å²) in [7, 11) is 0. The molecule has 2 heterocycles. The average molecular weight is 399 g/mol. The van der Waals surface area contributed by atoms with Crippen molar-refractivity contribution >= 4 is 23.2 Å². The summed E-state index contributed by atoms with van der Waals surface area (Å²) in [5.41, 5.74) is 6.70. The van der Waals surface area contributed by atoms with E-state index in [4.69, 9.17) is 9.15 Å². The molecule has 0 aliphatic carbocycles. The Kier molecular flexibility index (Phi) is 6.10. The van der Waals surface area contributed by atoms with Crippen LogP contribution in [0.5, 0.6) is 5.75 Å². The number of carbonyl (C=O) groups excluding carboxylic acids is 2. The largest absolute Gasteiger partial charge is 0.493 e. The van der Waals surface area contributed by atoms with Crippen LogP contribution in [0.15, 0.2) is 40.1 Å². The van der Waals surface area contributed by atoms with E-state index in [1.807, 2.05) is 36.6 Å². The number of hydrogen-bond acceptors (Lipinski definition) is 6. The van der Waals surface area contributed by atoms with Gasteiger partial charge in [-0.2, -0.15) is 0 Å². The minimum absolute atomic E-state index is 0.0526. The highest BCUT2D eigenvalue weighted by atomic mass is 32.1. The Morgan fingerprint density at radius 2 is 2.00 bits per heavy atom. The van der Waals surface area contributed by atoms with E-state index >= 15 is 0 Å². The van der Waals surface area contributed by atoms with E-state index in [-0.39, 0.29) is 12.3 Å². The fourth-order valence-corrected chi connectivity index (χ4v) is 3.54. The van der Waals surface area contributed by atoms with E-state index in [2.05, 4.69) is 15.8 Å². The van der Waals surface area contributed by atoms with Crippen molar-refractivity contribution in [1.82, 2.24) is 15.8 Å². The molecule has 0 aliphatic heterocycles. The maximum Gasteiger partial charge on any atom is 0.273 e. The fourth-order valence-electron chi connectivity index (χ4n) is 2.70. The van der Waals surface area contributed by atoms with Crippen LogP contribution in [0.2, 0.25) is 0 Å². The van der Waals surface area contributed by atoms with Gasteiger partial charge in [0.25, 0.3) is 5.91 Å². The number of para-hydroxylation sites is 1. The topological polar surface area (TPSA) is 93.5 Å². The predicted octanol–water partition coefficient (Wildman–Crippen LogP) is 3.42. The second kappa shape index (κ2) is 8.71. The summed E-state index contributed by atoms with van der Waals surface area (Å²) in [6.45, 7) is 5.94. The molecule has 0 unspecified atom stereocenters. The zero-order chi connectivity index (χ0) is 20.1. The zero-order valence-electron chi connectivity index (χ0n) is 15.9. The first-order valence-electron chi connectivity index (χ1n) is 8.80. The number of hydrogen-bond donors (Lipinski definition) is 2. The van der Waals surface area contributed by atoms with Crippen molar-refractivity contribution in [2.24, 2.45) is 0 Å². The van der Waals surface area contributed by atoms with Crippen molar-refractivity contribution in [3.63, 3.8) is 0 Å². The Hall–Kier alpha value is -3.13. The maximum absolute atomic E-state index is 12.1. The second-order valence-corrected chi connectivity index (χ2v) is 6.94. The lowest BCUT2D eigenvalue weighted by Gasteiger charge is -2.07. The number of carbonyl (C=O) groups is 2. The van der Waals surface area contributed by atoms with Crippen LogP contribution in [-0.4, -0.2) is 23.4 Å². The molecule has 0 radical (unpaired) electrons. The maximum atomic E-state index is 12.1. The molecular formula is C20H21N3O4S. The van der Waals surface area contributed by atoms with Crippen LogP contribution in [0.3, 0.4) is 0 Å². The molecule has 3 rings (SSSR count). The first-order chi connectivity index (χ1) is 13.5. The fraction of sp³-hybridized carbons (Fsp3) is 0.250. The molecule has 0 bridgehead atoms. The van der Waals surface area contributed by atoms with E-state index in [1.54, 1.807) is 19.9 Å². The zero-order valence-corrected chi connectivity index (χ0v) is 16.7. The molecule has 0 fully saturated rings. The lowest BCUT2D eigenvalue weighted by molar-refractivity contribution is -0.121. The van der Waals surface area contributed by atoms with Crippen LogP contribution in [-0.2, 0) is 11.2 Å². The third-order valence-electron chi connectivity index (χ3n) is 3.91. The Bertz CT molecular complexity index is 993. The van der Waals surface area contributed by atoms with Gasteiger partial charge in [0.05, 0.1) is 29.8 Å². The number of furan rings is 1. The Labute approximate surface area is 166 Å². The van der Waals surface area contributed by atoms with Crippen LogP contribution >= 0.6 is 11.3 Å². The highest BCUT2D eigenvalue weighted by Crippen LogP contribution is 2.32.